The molecule has 0 unspecified atom stereocenters. The van der Waals surface area contributed by atoms with Gasteiger partial charge in [0.2, 0.25) is 5.91 Å². The van der Waals surface area contributed by atoms with Gasteiger partial charge in [0.15, 0.2) is 0 Å². The van der Waals surface area contributed by atoms with Crippen LogP contribution in [0.1, 0.15) is 10.4 Å². The Bertz CT molecular complexity index is 1240. The van der Waals surface area contributed by atoms with Gasteiger partial charge >= 0.3 is 0 Å². The SMILES string of the molecule is COc1ccc(SCC(=O)Nc2sc3c(c2-c2nc4ccccc4s2)CCN(C)C3)cc1.Cl. The van der Waals surface area contributed by atoms with Gasteiger partial charge in [-0.25, -0.2) is 4.98 Å². The number of nitrogens with zero attached hydrogens (tertiary/aromatic N) is 2. The average Bonchev–Trinajstić information content (AvgIpc) is 3.38. The normalized spacial score (nSPS) is 13.4. The van der Waals surface area contributed by atoms with Gasteiger partial charge in [-0.1, -0.05) is 12.1 Å². The number of benzene rings is 2. The van der Waals surface area contributed by atoms with E-state index in [1.807, 2.05) is 42.5 Å². The largest absolute Gasteiger partial charge is 0.497 e. The van der Waals surface area contributed by atoms with E-state index in [9.17, 15) is 4.79 Å². The second-order valence-corrected chi connectivity index (χ2v) is 10.9. The lowest BCUT2D eigenvalue weighted by atomic mass is 10.0. The molecule has 5 rings (SSSR count). The Morgan fingerprint density at radius 2 is 1.97 bits per heavy atom. The molecule has 4 aromatic rings. The highest BCUT2D eigenvalue weighted by atomic mass is 35.5. The van der Waals surface area contributed by atoms with Crippen molar-refractivity contribution in [2.75, 3.05) is 31.8 Å². The fourth-order valence-electron chi connectivity index (χ4n) is 3.81. The number of hydrogen-bond donors (Lipinski definition) is 1. The third kappa shape index (κ3) is 5.20. The molecule has 1 aliphatic rings. The Hall–Kier alpha value is -2.10. The average molecular weight is 518 g/mol. The van der Waals surface area contributed by atoms with Crippen molar-refractivity contribution < 1.29 is 9.53 Å². The number of nitrogens with one attached hydrogen (secondary N) is 1. The predicted octanol–water partition coefficient (Wildman–Crippen LogP) is 6.17. The van der Waals surface area contributed by atoms with E-state index in [-0.39, 0.29) is 18.3 Å². The minimum absolute atomic E-state index is 0. The van der Waals surface area contributed by atoms with Gasteiger partial charge in [0, 0.05) is 28.4 Å². The van der Waals surface area contributed by atoms with Crippen molar-refractivity contribution in [3.63, 3.8) is 0 Å². The van der Waals surface area contributed by atoms with Crippen LogP contribution in [0.4, 0.5) is 5.00 Å². The first kappa shape index (κ1) is 24.0. The number of amides is 1. The van der Waals surface area contributed by atoms with Crippen LogP contribution in [-0.4, -0.2) is 42.2 Å². The van der Waals surface area contributed by atoms with Gasteiger partial charge in [-0.2, -0.15) is 0 Å². The van der Waals surface area contributed by atoms with Gasteiger partial charge in [-0.3, -0.25) is 4.79 Å². The Kier molecular flexibility index (Phi) is 7.61. The molecule has 0 saturated carbocycles. The predicted molar refractivity (Wildman–Crippen MR) is 143 cm³/mol. The minimum Gasteiger partial charge on any atom is -0.497 e. The van der Waals surface area contributed by atoms with E-state index in [1.165, 1.54) is 26.9 Å². The molecule has 0 atom stereocenters. The lowest BCUT2D eigenvalue weighted by molar-refractivity contribution is -0.113. The lowest BCUT2D eigenvalue weighted by Gasteiger charge is -2.22. The Labute approximate surface area is 211 Å². The third-order valence-corrected chi connectivity index (χ3v) is 8.64. The summed E-state index contributed by atoms with van der Waals surface area (Å²) < 4.78 is 6.37. The molecule has 2 aromatic carbocycles. The molecule has 1 N–H and O–H groups in total. The number of fused-ring (bicyclic) bond motifs is 2. The molecule has 0 bridgehead atoms. The fraction of sp³-hybridized carbons (Fsp3) is 0.250. The molecule has 3 heterocycles. The van der Waals surface area contributed by atoms with Crippen LogP contribution >= 0.6 is 46.8 Å². The molecule has 9 heteroatoms. The van der Waals surface area contributed by atoms with E-state index in [4.69, 9.17) is 9.72 Å². The number of carbonyl (C=O) groups excluding carboxylic acids is 1. The number of hydrogen-bond acceptors (Lipinski definition) is 7. The fourth-order valence-corrected chi connectivity index (χ4v) is 6.96. The maximum Gasteiger partial charge on any atom is 0.235 e. The molecule has 0 fully saturated rings. The Morgan fingerprint density at radius 1 is 1.18 bits per heavy atom. The molecular weight excluding hydrogens is 494 g/mol. The molecule has 2 aromatic heterocycles. The topological polar surface area (TPSA) is 54.5 Å². The Morgan fingerprint density at radius 3 is 2.73 bits per heavy atom. The van der Waals surface area contributed by atoms with E-state index < -0.39 is 0 Å². The van der Waals surface area contributed by atoms with Crippen molar-refractivity contribution in [1.29, 1.82) is 0 Å². The molecule has 172 valence electrons. The highest BCUT2D eigenvalue weighted by Gasteiger charge is 2.26. The zero-order valence-corrected chi connectivity index (χ0v) is 21.6. The van der Waals surface area contributed by atoms with Gasteiger partial charge < -0.3 is 15.0 Å². The monoisotopic (exact) mass is 517 g/mol. The maximum absolute atomic E-state index is 12.9. The first-order valence-electron chi connectivity index (χ1n) is 10.4. The quantitative estimate of drug-likeness (QED) is 0.310. The molecule has 0 saturated heterocycles. The number of thiophene rings is 1. The lowest BCUT2D eigenvalue weighted by Crippen LogP contribution is -2.25. The summed E-state index contributed by atoms with van der Waals surface area (Å²) in [4.78, 5) is 22.5. The summed E-state index contributed by atoms with van der Waals surface area (Å²) in [5.74, 6) is 1.17. The first-order valence-corrected chi connectivity index (χ1v) is 13.0. The van der Waals surface area contributed by atoms with Crippen LogP contribution in [0.25, 0.3) is 20.8 Å². The molecule has 1 amide bonds. The minimum atomic E-state index is 0. The maximum atomic E-state index is 12.9. The Balaban J connectivity index is 0.00000259. The second kappa shape index (κ2) is 10.4. The van der Waals surface area contributed by atoms with Crippen molar-refractivity contribution >= 4 is 68.0 Å². The van der Waals surface area contributed by atoms with Crippen LogP contribution in [0.5, 0.6) is 5.75 Å². The molecule has 5 nitrogen and oxygen atoms in total. The number of para-hydroxylation sites is 1. The van der Waals surface area contributed by atoms with Gasteiger partial charge in [0.25, 0.3) is 0 Å². The van der Waals surface area contributed by atoms with E-state index in [0.29, 0.717) is 5.75 Å². The van der Waals surface area contributed by atoms with E-state index >= 15 is 0 Å². The van der Waals surface area contributed by atoms with Crippen LogP contribution in [0.15, 0.2) is 53.4 Å². The number of thioether (sulfide) groups is 1. The van der Waals surface area contributed by atoms with E-state index in [1.54, 1.807) is 29.8 Å². The van der Waals surface area contributed by atoms with Gasteiger partial charge in [0.1, 0.15) is 15.8 Å². The van der Waals surface area contributed by atoms with E-state index in [0.717, 1.165) is 51.2 Å². The number of methoxy groups -OCH3 is 1. The number of ether oxygens (including phenoxy) is 1. The standard InChI is InChI=1S/C24H23N3O2S3.ClH/c1-27-12-11-17-20(13-27)32-24(22(17)23-25-18-5-3-4-6-19(18)31-23)26-21(28)14-30-16-9-7-15(29-2)8-10-16;/h3-10H,11-14H2,1-2H3,(H,26,28);1H. The highest BCUT2D eigenvalue weighted by Crippen LogP contribution is 2.45. The van der Waals surface area contributed by atoms with Gasteiger partial charge in [0.05, 0.1) is 23.1 Å². The molecule has 33 heavy (non-hydrogen) atoms. The summed E-state index contributed by atoms with van der Waals surface area (Å²) in [5.41, 5.74) is 3.46. The smallest absolute Gasteiger partial charge is 0.235 e. The van der Waals surface area contributed by atoms with Crippen molar-refractivity contribution in [1.82, 2.24) is 9.88 Å². The van der Waals surface area contributed by atoms with Crippen LogP contribution in [0.3, 0.4) is 0 Å². The van der Waals surface area contributed by atoms with Gasteiger partial charge in [-0.15, -0.1) is 46.8 Å². The van der Waals surface area contributed by atoms with Gasteiger partial charge in [-0.05, 0) is 55.4 Å². The number of anilines is 1. The van der Waals surface area contributed by atoms with Crippen molar-refractivity contribution in [3.05, 3.63) is 59.0 Å². The number of halogens is 1. The summed E-state index contributed by atoms with van der Waals surface area (Å²) >= 11 is 4.91. The molecule has 0 spiro atoms. The summed E-state index contributed by atoms with van der Waals surface area (Å²) in [5, 5.41) is 5.11. The van der Waals surface area contributed by atoms with Crippen molar-refractivity contribution in [3.8, 4) is 16.3 Å². The van der Waals surface area contributed by atoms with Crippen molar-refractivity contribution in [2.24, 2.45) is 0 Å². The number of aromatic nitrogens is 1. The van der Waals surface area contributed by atoms with Crippen molar-refractivity contribution in [2.45, 2.75) is 17.9 Å². The summed E-state index contributed by atoms with van der Waals surface area (Å²) in [6, 6.07) is 16.0. The second-order valence-electron chi connectivity index (χ2n) is 7.69. The molecule has 1 aliphatic heterocycles. The number of thiazole rings is 1. The summed E-state index contributed by atoms with van der Waals surface area (Å²) in [6.45, 7) is 1.93. The number of carbonyl (C=O) groups is 1. The highest BCUT2D eigenvalue weighted by molar-refractivity contribution is 8.00. The zero-order chi connectivity index (χ0) is 22.1. The van der Waals surface area contributed by atoms with Crippen LogP contribution in [-0.2, 0) is 17.8 Å². The number of likely N-dealkylation sites (N-methyl/N-ethyl adjacent to an activating group) is 1. The molecule has 0 radical (unpaired) electrons. The number of rotatable bonds is 6. The summed E-state index contributed by atoms with van der Waals surface area (Å²) in [6.07, 6.45) is 0.976. The molecule has 0 aliphatic carbocycles. The first-order chi connectivity index (χ1) is 15.6. The summed E-state index contributed by atoms with van der Waals surface area (Å²) in [7, 11) is 3.79. The van der Waals surface area contributed by atoms with E-state index in [2.05, 4.69) is 23.3 Å². The van der Waals surface area contributed by atoms with Crippen LogP contribution < -0.4 is 10.1 Å². The third-order valence-electron chi connectivity index (χ3n) is 5.44. The van der Waals surface area contributed by atoms with Crippen LogP contribution in [0, 0.1) is 0 Å². The molecular formula is C24H24ClN3O2S3. The zero-order valence-electron chi connectivity index (χ0n) is 18.3. The van der Waals surface area contributed by atoms with Crippen LogP contribution in [0.2, 0.25) is 0 Å².